The quantitative estimate of drug-likeness (QED) is 0.812. The summed E-state index contributed by atoms with van der Waals surface area (Å²) in [6.07, 6.45) is 0. The van der Waals surface area contributed by atoms with Gasteiger partial charge in [-0.2, -0.15) is 12.7 Å². The standard InChI is InChI=1S/C9H14N2O2S/c1-8(11(2)14(10,12)13)9-6-4-3-5-7-9/h3-8H,1-2H3,(H2,10,12,13). The van der Waals surface area contributed by atoms with Gasteiger partial charge in [-0.3, -0.25) is 0 Å². The highest BCUT2D eigenvalue weighted by Gasteiger charge is 2.19. The van der Waals surface area contributed by atoms with Crippen molar-refractivity contribution in [2.75, 3.05) is 7.05 Å². The van der Waals surface area contributed by atoms with Crippen LogP contribution in [0.15, 0.2) is 30.3 Å². The van der Waals surface area contributed by atoms with Crippen LogP contribution in [0.4, 0.5) is 0 Å². The van der Waals surface area contributed by atoms with E-state index in [0.29, 0.717) is 0 Å². The van der Waals surface area contributed by atoms with Gasteiger partial charge in [0, 0.05) is 13.1 Å². The Labute approximate surface area is 84.5 Å². The minimum atomic E-state index is -3.62. The Balaban J connectivity index is 2.92. The van der Waals surface area contributed by atoms with Crippen LogP contribution < -0.4 is 5.14 Å². The molecule has 4 nitrogen and oxygen atoms in total. The van der Waals surface area contributed by atoms with E-state index in [9.17, 15) is 8.42 Å². The average Bonchev–Trinajstić information content (AvgIpc) is 2.15. The first-order valence-corrected chi connectivity index (χ1v) is 5.74. The molecule has 2 N–H and O–H groups in total. The number of benzene rings is 1. The lowest BCUT2D eigenvalue weighted by molar-refractivity contribution is 0.399. The molecule has 0 fully saturated rings. The lowest BCUT2D eigenvalue weighted by Crippen LogP contribution is -2.35. The molecule has 5 heteroatoms. The maximum absolute atomic E-state index is 11.0. The van der Waals surface area contributed by atoms with E-state index in [1.54, 1.807) is 6.92 Å². The molecule has 1 unspecified atom stereocenters. The Morgan fingerprint density at radius 2 is 1.79 bits per heavy atom. The SMILES string of the molecule is CC(c1ccccc1)N(C)S(N)(=O)=O. The maximum Gasteiger partial charge on any atom is 0.277 e. The van der Waals surface area contributed by atoms with E-state index < -0.39 is 10.2 Å². The van der Waals surface area contributed by atoms with E-state index >= 15 is 0 Å². The molecule has 0 saturated heterocycles. The molecule has 0 saturated carbocycles. The van der Waals surface area contributed by atoms with Gasteiger partial charge in [0.25, 0.3) is 10.2 Å². The Morgan fingerprint density at radius 3 is 2.21 bits per heavy atom. The molecule has 0 bridgehead atoms. The van der Waals surface area contributed by atoms with Gasteiger partial charge in [0.1, 0.15) is 0 Å². The van der Waals surface area contributed by atoms with Crippen molar-refractivity contribution in [3.63, 3.8) is 0 Å². The summed E-state index contributed by atoms with van der Waals surface area (Å²) >= 11 is 0. The largest absolute Gasteiger partial charge is 0.277 e. The van der Waals surface area contributed by atoms with Gasteiger partial charge in [-0.1, -0.05) is 30.3 Å². The second-order valence-electron chi connectivity index (χ2n) is 3.15. The van der Waals surface area contributed by atoms with E-state index in [-0.39, 0.29) is 6.04 Å². The topological polar surface area (TPSA) is 63.4 Å². The Kier molecular flexibility index (Phi) is 3.25. The Bertz CT molecular complexity index is 389. The summed E-state index contributed by atoms with van der Waals surface area (Å²) in [6.45, 7) is 1.79. The molecule has 0 aliphatic rings. The first-order chi connectivity index (χ1) is 6.43. The summed E-state index contributed by atoms with van der Waals surface area (Å²) in [5, 5.41) is 5.02. The molecule has 14 heavy (non-hydrogen) atoms. The second-order valence-corrected chi connectivity index (χ2v) is 4.75. The third-order valence-electron chi connectivity index (χ3n) is 2.23. The fourth-order valence-corrected chi connectivity index (χ4v) is 1.72. The van der Waals surface area contributed by atoms with E-state index in [1.807, 2.05) is 30.3 Å². The smallest absolute Gasteiger partial charge is 0.216 e. The predicted molar refractivity (Wildman–Crippen MR) is 55.7 cm³/mol. The van der Waals surface area contributed by atoms with Crippen molar-refractivity contribution < 1.29 is 8.42 Å². The molecular weight excluding hydrogens is 200 g/mol. The third-order valence-corrected chi connectivity index (χ3v) is 3.35. The summed E-state index contributed by atoms with van der Waals surface area (Å²) in [4.78, 5) is 0. The average molecular weight is 214 g/mol. The van der Waals surface area contributed by atoms with Crippen LogP contribution in [0.25, 0.3) is 0 Å². The molecule has 0 aliphatic carbocycles. The van der Waals surface area contributed by atoms with Gasteiger partial charge in [0.05, 0.1) is 0 Å². The molecule has 0 spiro atoms. The summed E-state index contributed by atoms with van der Waals surface area (Å²) in [6, 6.07) is 9.10. The van der Waals surface area contributed by atoms with E-state index in [4.69, 9.17) is 5.14 Å². The molecule has 1 rings (SSSR count). The summed E-state index contributed by atoms with van der Waals surface area (Å²) in [5.41, 5.74) is 0.920. The number of nitrogens with zero attached hydrogens (tertiary/aromatic N) is 1. The monoisotopic (exact) mass is 214 g/mol. The first kappa shape index (κ1) is 11.2. The molecule has 0 radical (unpaired) electrons. The molecule has 1 atom stereocenters. The van der Waals surface area contributed by atoms with Crippen molar-refractivity contribution in [1.82, 2.24) is 4.31 Å². The normalized spacial score (nSPS) is 14.3. The van der Waals surface area contributed by atoms with Crippen LogP contribution in [0, 0.1) is 0 Å². The summed E-state index contributed by atoms with van der Waals surface area (Å²) in [7, 11) is -2.15. The van der Waals surface area contributed by atoms with Crippen LogP contribution in [0.1, 0.15) is 18.5 Å². The maximum atomic E-state index is 11.0. The van der Waals surface area contributed by atoms with E-state index in [0.717, 1.165) is 9.87 Å². The minimum Gasteiger partial charge on any atom is -0.216 e. The number of nitrogens with two attached hydrogens (primary N) is 1. The zero-order valence-electron chi connectivity index (χ0n) is 8.21. The third kappa shape index (κ3) is 2.54. The number of rotatable bonds is 3. The van der Waals surface area contributed by atoms with Gasteiger partial charge in [-0.25, -0.2) is 5.14 Å². The van der Waals surface area contributed by atoms with Crippen LogP contribution in [0.2, 0.25) is 0 Å². The molecule has 0 amide bonds. The van der Waals surface area contributed by atoms with Crippen molar-refractivity contribution in [3.05, 3.63) is 35.9 Å². The van der Waals surface area contributed by atoms with Crippen molar-refractivity contribution in [2.45, 2.75) is 13.0 Å². The zero-order chi connectivity index (χ0) is 10.8. The van der Waals surface area contributed by atoms with Crippen LogP contribution in [-0.2, 0) is 10.2 Å². The van der Waals surface area contributed by atoms with Crippen LogP contribution in [-0.4, -0.2) is 19.8 Å². The molecule has 0 aromatic heterocycles. The van der Waals surface area contributed by atoms with Gasteiger partial charge >= 0.3 is 0 Å². The molecule has 0 heterocycles. The van der Waals surface area contributed by atoms with Gasteiger partial charge in [-0.15, -0.1) is 0 Å². The van der Waals surface area contributed by atoms with Gasteiger partial charge in [0.2, 0.25) is 0 Å². The van der Waals surface area contributed by atoms with Crippen LogP contribution in [0.5, 0.6) is 0 Å². The lowest BCUT2D eigenvalue weighted by Gasteiger charge is -2.21. The van der Waals surface area contributed by atoms with Gasteiger partial charge < -0.3 is 0 Å². The van der Waals surface area contributed by atoms with Crippen molar-refractivity contribution in [2.24, 2.45) is 5.14 Å². The second kappa shape index (κ2) is 4.08. The van der Waals surface area contributed by atoms with E-state index in [2.05, 4.69) is 0 Å². The molecule has 1 aromatic carbocycles. The Morgan fingerprint density at radius 1 is 1.29 bits per heavy atom. The fourth-order valence-electron chi connectivity index (χ4n) is 1.16. The molecule has 0 aliphatic heterocycles. The highest BCUT2D eigenvalue weighted by molar-refractivity contribution is 7.86. The van der Waals surface area contributed by atoms with Crippen LogP contribution in [0.3, 0.4) is 0 Å². The number of hydrogen-bond donors (Lipinski definition) is 1. The number of hydrogen-bond acceptors (Lipinski definition) is 2. The van der Waals surface area contributed by atoms with Crippen molar-refractivity contribution in [3.8, 4) is 0 Å². The predicted octanol–water partition coefficient (Wildman–Crippen LogP) is 0.883. The molecule has 1 aromatic rings. The molecular formula is C9H14N2O2S. The zero-order valence-corrected chi connectivity index (χ0v) is 9.03. The van der Waals surface area contributed by atoms with Gasteiger partial charge in [0.15, 0.2) is 0 Å². The minimum absolute atomic E-state index is 0.244. The first-order valence-electron chi connectivity index (χ1n) is 4.23. The van der Waals surface area contributed by atoms with Crippen molar-refractivity contribution >= 4 is 10.2 Å². The van der Waals surface area contributed by atoms with Crippen LogP contribution >= 0.6 is 0 Å². The Hall–Kier alpha value is -0.910. The highest BCUT2D eigenvalue weighted by Crippen LogP contribution is 2.19. The van der Waals surface area contributed by atoms with E-state index in [1.165, 1.54) is 7.05 Å². The summed E-state index contributed by atoms with van der Waals surface area (Å²) in [5.74, 6) is 0. The van der Waals surface area contributed by atoms with Gasteiger partial charge in [-0.05, 0) is 12.5 Å². The van der Waals surface area contributed by atoms with Crippen molar-refractivity contribution in [1.29, 1.82) is 0 Å². The fraction of sp³-hybridized carbons (Fsp3) is 0.333. The summed E-state index contributed by atoms with van der Waals surface area (Å²) < 4.78 is 23.2. The highest BCUT2D eigenvalue weighted by atomic mass is 32.2. The molecule has 78 valence electrons. The lowest BCUT2D eigenvalue weighted by atomic mass is 10.1.